The third-order valence-corrected chi connectivity index (χ3v) is 5.07. The number of benzene rings is 1. The molecule has 2 aromatic rings. The SMILES string of the molecule is CCOC1CCN(C(=O)c2c(C)cc(CCc3ccc(OC)cc3)oc2=O)C1. The number of carbonyl (C=O) groups is 1. The Morgan fingerprint density at radius 3 is 2.64 bits per heavy atom. The van der Waals surface area contributed by atoms with Gasteiger partial charge in [-0.1, -0.05) is 12.1 Å². The molecule has 150 valence electrons. The molecule has 3 rings (SSSR count). The molecule has 1 saturated heterocycles. The van der Waals surface area contributed by atoms with Gasteiger partial charge in [0.15, 0.2) is 0 Å². The fourth-order valence-corrected chi connectivity index (χ4v) is 3.56. The van der Waals surface area contributed by atoms with Crippen molar-refractivity contribution in [1.82, 2.24) is 4.90 Å². The van der Waals surface area contributed by atoms with Crippen molar-refractivity contribution in [3.05, 3.63) is 63.2 Å². The van der Waals surface area contributed by atoms with E-state index >= 15 is 0 Å². The number of ether oxygens (including phenoxy) is 2. The van der Waals surface area contributed by atoms with Crippen LogP contribution in [0.1, 0.15) is 40.6 Å². The van der Waals surface area contributed by atoms with Gasteiger partial charge in [-0.25, -0.2) is 4.79 Å². The zero-order valence-corrected chi connectivity index (χ0v) is 16.7. The number of carbonyl (C=O) groups excluding carboxylic acids is 1. The van der Waals surface area contributed by atoms with E-state index in [4.69, 9.17) is 13.9 Å². The Balaban J connectivity index is 1.68. The lowest BCUT2D eigenvalue weighted by molar-refractivity contribution is 0.0595. The molecule has 1 aromatic heterocycles. The number of likely N-dealkylation sites (tertiary alicyclic amines) is 1. The molecule has 0 bridgehead atoms. The van der Waals surface area contributed by atoms with Gasteiger partial charge in [-0.3, -0.25) is 4.79 Å². The fourth-order valence-electron chi connectivity index (χ4n) is 3.56. The summed E-state index contributed by atoms with van der Waals surface area (Å²) in [7, 11) is 1.63. The van der Waals surface area contributed by atoms with E-state index in [9.17, 15) is 9.59 Å². The molecule has 0 N–H and O–H groups in total. The van der Waals surface area contributed by atoms with Gasteiger partial charge < -0.3 is 18.8 Å². The van der Waals surface area contributed by atoms with Crippen LogP contribution in [-0.4, -0.2) is 43.7 Å². The number of amides is 1. The molecule has 1 aromatic carbocycles. The Hall–Kier alpha value is -2.60. The predicted octanol–water partition coefficient (Wildman–Crippen LogP) is 2.99. The van der Waals surface area contributed by atoms with Gasteiger partial charge in [-0.15, -0.1) is 0 Å². The van der Waals surface area contributed by atoms with Gasteiger partial charge in [-0.2, -0.15) is 0 Å². The Morgan fingerprint density at radius 1 is 1.25 bits per heavy atom. The first kappa shape index (κ1) is 20.1. The minimum absolute atomic E-state index is 0.0464. The number of aryl methyl sites for hydroxylation is 3. The number of methoxy groups -OCH3 is 1. The molecular weight excluding hydrogens is 358 g/mol. The lowest BCUT2D eigenvalue weighted by atomic mass is 10.1. The maximum absolute atomic E-state index is 12.8. The Kier molecular flexibility index (Phi) is 6.52. The molecule has 0 radical (unpaired) electrons. The molecule has 0 saturated carbocycles. The average molecular weight is 385 g/mol. The molecule has 0 spiro atoms. The summed E-state index contributed by atoms with van der Waals surface area (Å²) in [5.74, 6) is 1.13. The molecule has 1 aliphatic heterocycles. The van der Waals surface area contributed by atoms with Crippen LogP contribution >= 0.6 is 0 Å². The van der Waals surface area contributed by atoms with Crippen molar-refractivity contribution >= 4 is 5.91 Å². The summed E-state index contributed by atoms with van der Waals surface area (Å²) in [6.07, 6.45) is 2.17. The maximum Gasteiger partial charge on any atom is 0.349 e. The van der Waals surface area contributed by atoms with Crippen LogP contribution in [0.3, 0.4) is 0 Å². The van der Waals surface area contributed by atoms with E-state index in [1.807, 2.05) is 31.2 Å². The molecule has 1 amide bonds. The lowest BCUT2D eigenvalue weighted by Crippen LogP contribution is -2.34. The first-order chi connectivity index (χ1) is 13.5. The van der Waals surface area contributed by atoms with Crippen molar-refractivity contribution < 1.29 is 18.7 Å². The summed E-state index contributed by atoms with van der Waals surface area (Å²) >= 11 is 0. The highest BCUT2D eigenvalue weighted by molar-refractivity contribution is 5.95. The smallest absolute Gasteiger partial charge is 0.349 e. The second kappa shape index (κ2) is 9.06. The monoisotopic (exact) mass is 385 g/mol. The number of hydrogen-bond acceptors (Lipinski definition) is 5. The van der Waals surface area contributed by atoms with Gasteiger partial charge in [0.05, 0.1) is 13.2 Å². The van der Waals surface area contributed by atoms with E-state index in [1.165, 1.54) is 0 Å². The second-order valence-electron chi connectivity index (χ2n) is 7.02. The maximum atomic E-state index is 12.8. The minimum atomic E-state index is -0.561. The van der Waals surface area contributed by atoms with Crippen molar-refractivity contribution in [3.8, 4) is 5.75 Å². The highest BCUT2D eigenvalue weighted by Gasteiger charge is 2.30. The molecule has 28 heavy (non-hydrogen) atoms. The largest absolute Gasteiger partial charge is 0.497 e. The van der Waals surface area contributed by atoms with Crippen LogP contribution in [-0.2, 0) is 17.6 Å². The summed E-state index contributed by atoms with van der Waals surface area (Å²) in [4.78, 5) is 27.0. The lowest BCUT2D eigenvalue weighted by Gasteiger charge is -2.17. The topological polar surface area (TPSA) is 69.0 Å². The van der Waals surface area contributed by atoms with Gasteiger partial charge in [-0.05, 0) is 56.0 Å². The van der Waals surface area contributed by atoms with Crippen LogP contribution in [0.25, 0.3) is 0 Å². The van der Waals surface area contributed by atoms with Crippen LogP contribution in [0.15, 0.2) is 39.5 Å². The standard InChI is InChI=1S/C22H27NO5/c1-4-27-19-11-12-23(14-19)21(24)20-15(2)13-18(28-22(20)25)10-7-16-5-8-17(26-3)9-6-16/h5-6,8-9,13,19H,4,7,10-12,14H2,1-3H3. The van der Waals surface area contributed by atoms with Gasteiger partial charge in [0.1, 0.15) is 17.1 Å². The van der Waals surface area contributed by atoms with E-state index < -0.39 is 5.63 Å². The third-order valence-electron chi connectivity index (χ3n) is 5.07. The van der Waals surface area contributed by atoms with Crippen molar-refractivity contribution in [3.63, 3.8) is 0 Å². The van der Waals surface area contributed by atoms with E-state index in [2.05, 4.69) is 0 Å². The Morgan fingerprint density at radius 2 is 2.00 bits per heavy atom. The highest BCUT2D eigenvalue weighted by Crippen LogP contribution is 2.18. The van der Waals surface area contributed by atoms with Crippen molar-refractivity contribution in [2.24, 2.45) is 0 Å². The van der Waals surface area contributed by atoms with Crippen LogP contribution in [0.4, 0.5) is 0 Å². The van der Waals surface area contributed by atoms with E-state index in [1.54, 1.807) is 25.0 Å². The van der Waals surface area contributed by atoms with Crippen LogP contribution in [0.5, 0.6) is 5.75 Å². The summed E-state index contributed by atoms with van der Waals surface area (Å²) in [5.41, 5.74) is 1.35. The molecule has 6 nitrogen and oxygen atoms in total. The van der Waals surface area contributed by atoms with E-state index in [0.717, 1.165) is 24.2 Å². The molecule has 1 unspecified atom stereocenters. The van der Waals surface area contributed by atoms with Crippen LogP contribution < -0.4 is 10.4 Å². The first-order valence-electron chi connectivity index (χ1n) is 9.69. The third kappa shape index (κ3) is 4.62. The van der Waals surface area contributed by atoms with Crippen molar-refractivity contribution in [1.29, 1.82) is 0 Å². The Bertz CT molecular complexity index is 871. The summed E-state index contributed by atoms with van der Waals surface area (Å²) in [6.45, 7) is 5.47. The van der Waals surface area contributed by atoms with Gasteiger partial charge in [0.2, 0.25) is 0 Å². The predicted molar refractivity (Wildman–Crippen MR) is 106 cm³/mol. The second-order valence-corrected chi connectivity index (χ2v) is 7.02. The molecule has 1 aliphatic rings. The van der Waals surface area contributed by atoms with E-state index in [-0.39, 0.29) is 17.6 Å². The molecule has 2 heterocycles. The average Bonchev–Trinajstić information content (AvgIpc) is 3.15. The zero-order chi connectivity index (χ0) is 20.1. The molecular formula is C22H27NO5. The quantitative estimate of drug-likeness (QED) is 0.733. The Labute approximate surface area is 165 Å². The summed E-state index contributed by atoms with van der Waals surface area (Å²) in [6, 6.07) is 9.59. The molecule has 1 fully saturated rings. The first-order valence-corrected chi connectivity index (χ1v) is 9.69. The minimum Gasteiger partial charge on any atom is -0.497 e. The number of nitrogens with zero attached hydrogens (tertiary/aromatic N) is 1. The van der Waals surface area contributed by atoms with Crippen LogP contribution in [0.2, 0.25) is 0 Å². The van der Waals surface area contributed by atoms with Gasteiger partial charge in [0, 0.05) is 26.1 Å². The molecule has 0 aliphatic carbocycles. The van der Waals surface area contributed by atoms with Crippen LogP contribution in [0, 0.1) is 6.92 Å². The number of hydrogen-bond donors (Lipinski definition) is 0. The highest BCUT2D eigenvalue weighted by atomic mass is 16.5. The molecule has 6 heteroatoms. The van der Waals surface area contributed by atoms with Gasteiger partial charge in [0.25, 0.3) is 5.91 Å². The van der Waals surface area contributed by atoms with E-state index in [0.29, 0.717) is 37.4 Å². The zero-order valence-electron chi connectivity index (χ0n) is 16.7. The fraction of sp³-hybridized carbons (Fsp3) is 0.455. The number of rotatable bonds is 7. The van der Waals surface area contributed by atoms with Crippen molar-refractivity contribution in [2.75, 3.05) is 26.8 Å². The summed E-state index contributed by atoms with van der Waals surface area (Å²) in [5, 5.41) is 0. The summed E-state index contributed by atoms with van der Waals surface area (Å²) < 4.78 is 16.2. The molecule has 1 atom stereocenters. The normalized spacial score (nSPS) is 16.4. The van der Waals surface area contributed by atoms with Gasteiger partial charge >= 0.3 is 5.63 Å². The van der Waals surface area contributed by atoms with Crippen molar-refractivity contribution in [2.45, 2.75) is 39.2 Å².